The van der Waals surface area contributed by atoms with Crippen LogP contribution in [-0.4, -0.2) is 32.0 Å². The molecule has 2 N–H and O–H groups in total. The van der Waals surface area contributed by atoms with E-state index in [1.54, 1.807) is 6.20 Å². The van der Waals surface area contributed by atoms with E-state index >= 15 is 0 Å². The molecule has 0 spiro atoms. The van der Waals surface area contributed by atoms with E-state index in [4.69, 9.17) is 12.2 Å². The molecular weight excluding hydrogens is 534 g/mol. The Kier molecular flexibility index (Phi) is 7.16. The van der Waals surface area contributed by atoms with Crippen LogP contribution in [0.4, 0.5) is 5.69 Å². The molecule has 8 heteroatoms. The second-order valence-corrected chi connectivity index (χ2v) is 10.1. The van der Waals surface area contributed by atoms with Crippen molar-refractivity contribution in [3.8, 4) is 5.69 Å². The number of nitrogens with one attached hydrogen (secondary N) is 2. The van der Waals surface area contributed by atoms with Crippen molar-refractivity contribution in [2.45, 2.75) is 25.4 Å². The van der Waals surface area contributed by atoms with E-state index in [0.717, 1.165) is 32.8 Å². The Hall–Kier alpha value is -3.49. The first kappa shape index (κ1) is 24.2. The van der Waals surface area contributed by atoms with Crippen molar-refractivity contribution in [1.29, 1.82) is 0 Å². The highest BCUT2D eigenvalue weighted by atomic mass is 79.9. The second-order valence-electron chi connectivity index (χ2n) is 8.77. The lowest BCUT2D eigenvalue weighted by Gasteiger charge is -2.29. The molecule has 5 rings (SSSR count). The largest absolute Gasteiger partial charge is 0.352 e. The predicted molar refractivity (Wildman–Crippen MR) is 150 cm³/mol. The van der Waals surface area contributed by atoms with Crippen LogP contribution in [0.1, 0.15) is 35.5 Å². The minimum absolute atomic E-state index is 0.0493. The third-order valence-corrected chi connectivity index (χ3v) is 7.15. The molecule has 1 saturated heterocycles. The highest BCUT2D eigenvalue weighted by Gasteiger charge is 2.41. The Bertz CT molecular complexity index is 1370. The van der Waals surface area contributed by atoms with Gasteiger partial charge in [0, 0.05) is 46.9 Å². The summed E-state index contributed by atoms with van der Waals surface area (Å²) < 4.78 is 3.19. The summed E-state index contributed by atoms with van der Waals surface area (Å²) >= 11 is 9.31. The van der Waals surface area contributed by atoms with Gasteiger partial charge in [-0.05, 0) is 85.4 Å². The number of hydrogen-bond acceptors (Lipinski definition) is 3. The maximum Gasteiger partial charge on any atom is 0.226 e. The fourth-order valence-electron chi connectivity index (χ4n) is 4.61. The van der Waals surface area contributed by atoms with Crippen molar-refractivity contribution >= 4 is 44.9 Å². The van der Waals surface area contributed by atoms with Crippen molar-refractivity contribution in [3.05, 3.63) is 113 Å². The summed E-state index contributed by atoms with van der Waals surface area (Å²) in [6.45, 7) is 2.48. The highest BCUT2D eigenvalue weighted by Crippen LogP contribution is 2.39. The number of carbonyl (C=O) groups is 1. The molecule has 1 amide bonds. The highest BCUT2D eigenvalue weighted by molar-refractivity contribution is 9.10. The summed E-state index contributed by atoms with van der Waals surface area (Å²) in [5.74, 6) is -0.0493. The van der Waals surface area contributed by atoms with Gasteiger partial charge in [-0.15, -0.1) is 0 Å². The fraction of sp³-hybridized carbons (Fsp3) is 0.179. The van der Waals surface area contributed by atoms with Crippen LogP contribution in [0.3, 0.4) is 0 Å². The third-order valence-electron chi connectivity index (χ3n) is 6.27. The van der Waals surface area contributed by atoms with Crippen molar-refractivity contribution < 1.29 is 4.79 Å². The number of aromatic nitrogens is 2. The van der Waals surface area contributed by atoms with Gasteiger partial charge in [0.25, 0.3) is 0 Å². The minimum atomic E-state index is -0.150. The van der Waals surface area contributed by atoms with Gasteiger partial charge in [-0.25, -0.2) is 0 Å². The number of nitrogens with zero attached hydrogens (tertiary/aromatic N) is 3. The standard InChI is InChI=1S/C28H26BrN5OS/c1-19-6-4-7-21(18-19)31-25(35)14-17-34-27(26(32-28(34)36)23-8-2-3-15-30-23)24-9-5-16-33(24)22-12-10-20(29)11-13-22/h2-13,15-16,18,26-27H,14,17H2,1H3,(H,31,35)(H,32,36)/t26-,27-/m1/s1. The zero-order chi connectivity index (χ0) is 25.1. The van der Waals surface area contributed by atoms with Gasteiger partial charge < -0.3 is 20.1 Å². The van der Waals surface area contributed by atoms with E-state index in [2.05, 4.69) is 65.4 Å². The van der Waals surface area contributed by atoms with Gasteiger partial charge in [-0.2, -0.15) is 0 Å². The molecule has 2 aromatic heterocycles. The first-order chi connectivity index (χ1) is 17.5. The smallest absolute Gasteiger partial charge is 0.226 e. The molecule has 2 atom stereocenters. The number of amides is 1. The maximum atomic E-state index is 12.8. The first-order valence-corrected chi connectivity index (χ1v) is 13.0. The Morgan fingerprint density at radius 2 is 1.92 bits per heavy atom. The average molecular weight is 561 g/mol. The van der Waals surface area contributed by atoms with Gasteiger partial charge in [0.15, 0.2) is 5.11 Å². The van der Waals surface area contributed by atoms with E-state index in [1.807, 2.05) is 67.6 Å². The molecule has 2 aromatic carbocycles. The number of carbonyl (C=O) groups excluding carboxylic acids is 1. The number of rotatable bonds is 7. The fourth-order valence-corrected chi connectivity index (χ4v) is 5.20. The normalized spacial score (nSPS) is 17.2. The Balaban J connectivity index is 1.44. The van der Waals surface area contributed by atoms with E-state index in [-0.39, 0.29) is 18.0 Å². The molecule has 3 heterocycles. The third kappa shape index (κ3) is 5.20. The monoisotopic (exact) mass is 559 g/mol. The zero-order valence-corrected chi connectivity index (χ0v) is 22.2. The maximum absolute atomic E-state index is 12.8. The average Bonchev–Trinajstić information content (AvgIpc) is 3.48. The van der Waals surface area contributed by atoms with Crippen molar-refractivity contribution in [2.24, 2.45) is 0 Å². The number of hydrogen-bond donors (Lipinski definition) is 2. The molecule has 1 aliphatic heterocycles. The molecule has 6 nitrogen and oxygen atoms in total. The summed E-state index contributed by atoms with van der Waals surface area (Å²) in [6, 6.07) is 25.8. The zero-order valence-electron chi connectivity index (χ0n) is 19.8. The van der Waals surface area contributed by atoms with Gasteiger partial charge in [-0.1, -0.05) is 34.1 Å². The molecule has 1 aliphatic rings. The van der Waals surface area contributed by atoms with Crippen molar-refractivity contribution in [1.82, 2.24) is 19.8 Å². The van der Waals surface area contributed by atoms with Crippen LogP contribution in [-0.2, 0) is 4.79 Å². The van der Waals surface area contributed by atoms with E-state index < -0.39 is 0 Å². The topological polar surface area (TPSA) is 62.2 Å². The van der Waals surface area contributed by atoms with E-state index in [1.165, 1.54) is 0 Å². The molecule has 0 aliphatic carbocycles. The lowest BCUT2D eigenvalue weighted by molar-refractivity contribution is -0.116. The molecule has 1 fully saturated rings. The van der Waals surface area contributed by atoms with Gasteiger partial charge in [0.2, 0.25) is 5.91 Å². The molecule has 0 bridgehead atoms. The summed E-state index contributed by atoms with van der Waals surface area (Å²) in [5, 5.41) is 7.09. The van der Waals surface area contributed by atoms with Crippen molar-refractivity contribution in [2.75, 3.05) is 11.9 Å². The lowest BCUT2D eigenvalue weighted by atomic mass is 10.0. The van der Waals surface area contributed by atoms with Crippen LogP contribution in [0.25, 0.3) is 5.69 Å². The number of aryl methyl sites for hydroxylation is 1. The number of halogens is 1. The SMILES string of the molecule is Cc1cccc(NC(=O)CCN2C(=S)N[C@H](c3ccccn3)[C@H]2c2cccn2-c2ccc(Br)cc2)c1. The summed E-state index contributed by atoms with van der Waals surface area (Å²) in [4.78, 5) is 19.6. The summed E-state index contributed by atoms with van der Waals surface area (Å²) in [7, 11) is 0. The summed E-state index contributed by atoms with van der Waals surface area (Å²) in [6.07, 6.45) is 4.15. The number of anilines is 1. The van der Waals surface area contributed by atoms with Crippen molar-refractivity contribution in [3.63, 3.8) is 0 Å². The Morgan fingerprint density at radius 1 is 1.08 bits per heavy atom. The van der Waals surface area contributed by atoms with Gasteiger partial charge >= 0.3 is 0 Å². The van der Waals surface area contributed by atoms with E-state index in [0.29, 0.717) is 18.1 Å². The number of pyridine rings is 1. The number of benzene rings is 2. The molecule has 0 radical (unpaired) electrons. The van der Waals surface area contributed by atoms with Crippen LogP contribution in [0.15, 0.2) is 95.7 Å². The summed E-state index contributed by atoms with van der Waals surface area (Å²) in [5.41, 5.74) is 4.92. The van der Waals surface area contributed by atoms with Gasteiger partial charge in [0.05, 0.1) is 17.8 Å². The molecule has 0 unspecified atom stereocenters. The quantitative estimate of drug-likeness (QED) is 0.274. The number of thiocarbonyl (C=S) groups is 1. The molecule has 4 aromatic rings. The van der Waals surface area contributed by atoms with Crippen LogP contribution >= 0.6 is 28.1 Å². The molecule has 0 saturated carbocycles. The second kappa shape index (κ2) is 10.6. The molecular formula is C28H26BrN5OS. The Labute approximate surface area is 224 Å². The van der Waals surface area contributed by atoms with Crippen LogP contribution in [0, 0.1) is 6.92 Å². The van der Waals surface area contributed by atoms with Gasteiger partial charge in [-0.3, -0.25) is 9.78 Å². The Morgan fingerprint density at radius 3 is 2.67 bits per heavy atom. The van der Waals surface area contributed by atoms with Crippen LogP contribution in [0.2, 0.25) is 0 Å². The lowest BCUT2D eigenvalue weighted by Crippen LogP contribution is -2.33. The predicted octanol–water partition coefficient (Wildman–Crippen LogP) is 5.94. The van der Waals surface area contributed by atoms with E-state index in [9.17, 15) is 4.79 Å². The first-order valence-electron chi connectivity index (χ1n) is 11.8. The van der Waals surface area contributed by atoms with Crippen LogP contribution in [0.5, 0.6) is 0 Å². The van der Waals surface area contributed by atoms with Crippen LogP contribution < -0.4 is 10.6 Å². The van der Waals surface area contributed by atoms with Gasteiger partial charge in [0.1, 0.15) is 0 Å². The molecule has 182 valence electrons. The molecule has 36 heavy (non-hydrogen) atoms. The minimum Gasteiger partial charge on any atom is -0.352 e.